The van der Waals surface area contributed by atoms with Gasteiger partial charge in [-0.25, -0.2) is 9.97 Å². The van der Waals surface area contributed by atoms with Crippen LogP contribution in [0.2, 0.25) is 0 Å². The summed E-state index contributed by atoms with van der Waals surface area (Å²) in [6.07, 6.45) is 3.34. The zero-order chi connectivity index (χ0) is 17.4. The van der Waals surface area contributed by atoms with Gasteiger partial charge in [0.1, 0.15) is 11.6 Å². The molecule has 2 aromatic heterocycles. The number of benzene rings is 1. The van der Waals surface area contributed by atoms with E-state index in [4.69, 9.17) is 0 Å². The molecule has 0 spiro atoms. The third-order valence-corrected chi connectivity index (χ3v) is 5.11. The van der Waals surface area contributed by atoms with Crippen LogP contribution in [-0.4, -0.2) is 37.9 Å². The normalized spacial score (nSPS) is 17.2. The Balaban J connectivity index is 1.53. The van der Waals surface area contributed by atoms with Crippen LogP contribution < -0.4 is 4.90 Å². The maximum Gasteiger partial charge on any atom is 0.163 e. The van der Waals surface area contributed by atoms with Crippen LogP contribution in [0.3, 0.4) is 0 Å². The molecule has 0 bridgehead atoms. The molecule has 6 nitrogen and oxygen atoms in total. The van der Waals surface area contributed by atoms with E-state index in [0.717, 1.165) is 54.2 Å². The van der Waals surface area contributed by atoms with Crippen LogP contribution in [-0.2, 0) is 7.05 Å². The predicted octanol–water partition coefficient (Wildman–Crippen LogP) is 2.62. The van der Waals surface area contributed by atoms with E-state index in [2.05, 4.69) is 20.0 Å². The molecule has 4 rings (SSSR count). The lowest BCUT2D eigenvalue weighted by Gasteiger charge is -2.35. The van der Waals surface area contributed by atoms with E-state index in [1.807, 2.05) is 50.5 Å². The largest absolute Gasteiger partial charge is 0.388 e. The molecule has 3 aromatic rings. The van der Waals surface area contributed by atoms with Gasteiger partial charge >= 0.3 is 0 Å². The molecule has 25 heavy (non-hydrogen) atoms. The molecule has 1 saturated heterocycles. The Labute approximate surface area is 147 Å². The fourth-order valence-corrected chi connectivity index (χ4v) is 3.70. The number of hydrogen-bond donors (Lipinski definition) is 1. The molecule has 1 aliphatic heterocycles. The minimum atomic E-state index is -0.395. The summed E-state index contributed by atoms with van der Waals surface area (Å²) in [5, 5.41) is 16.0. The standard InChI is InChI=1S/C19H23N5O/c1-13-21-18-16(12-20-23(18)2)19(22-13)24-10-8-15(9-11-24)17(25)14-6-4-3-5-7-14/h3-7,12,15,17,25H,8-11H2,1-2H3/t17-/m1/s1. The van der Waals surface area contributed by atoms with Crippen molar-refractivity contribution in [3.63, 3.8) is 0 Å². The van der Waals surface area contributed by atoms with Gasteiger partial charge in [-0.3, -0.25) is 4.68 Å². The molecule has 1 aliphatic rings. The van der Waals surface area contributed by atoms with Gasteiger partial charge in [-0.1, -0.05) is 30.3 Å². The Bertz CT molecular complexity index is 868. The summed E-state index contributed by atoms with van der Waals surface area (Å²) in [7, 11) is 1.90. The minimum Gasteiger partial charge on any atom is -0.388 e. The predicted molar refractivity (Wildman–Crippen MR) is 97.4 cm³/mol. The summed E-state index contributed by atoms with van der Waals surface area (Å²) in [4.78, 5) is 11.5. The first-order valence-corrected chi connectivity index (χ1v) is 8.78. The SMILES string of the molecule is Cc1nc(N2CCC([C@H](O)c3ccccc3)CC2)c2cnn(C)c2n1. The molecule has 0 aliphatic carbocycles. The van der Waals surface area contributed by atoms with E-state index >= 15 is 0 Å². The van der Waals surface area contributed by atoms with Crippen LogP contribution in [0.4, 0.5) is 5.82 Å². The number of aryl methyl sites for hydroxylation is 2. The van der Waals surface area contributed by atoms with Crippen molar-refractivity contribution >= 4 is 16.9 Å². The molecule has 0 saturated carbocycles. The Hall–Kier alpha value is -2.47. The van der Waals surface area contributed by atoms with Crippen molar-refractivity contribution in [2.24, 2.45) is 13.0 Å². The summed E-state index contributed by atoms with van der Waals surface area (Å²) < 4.78 is 1.79. The number of aliphatic hydroxyl groups is 1. The van der Waals surface area contributed by atoms with Crippen LogP contribution in [0.15, 0.2) is 36.5 Å². The second-order valence-electron chi connectivity index (χ2n) is 6.78. The molecule has 0 radical (unpaired) electrons. The van der Waals surface area contributed by atoms with Crippen molar-refractivity contribution in [2.45, 2.75) is 25.9 Å². The number of aliphatic hydroxyl groups excluding tert-OH is 1. The first-order chi connectivity index (χ1) is 12.1. The molecule has 1 fully saturated rings. The van der Waals surface area contributed by atoms with Gasteiger partial charge in [0.25, 0.3) is 0 Å². The first-order valence-electron chi connectivity index (χ1n) is 8.78. The molecule has 1 N–H and O–H groups in total. The molecular formula is C19H23N5O. The van der Waals surface area contributed by atoms with Gasteiger partial charge < -0.3 is 10.0 Å². The van der Waals surface area contributed by atoms with Gasteiger partial charge in [-0.15, -0.1) is 0 Å². The summed E-state index contributed by atoms with van der Waals surface area (Å²) in [5.41, 5.74) is 1.88. The van der Waals surface area contributed by atoms with Crippen molar-refractivity contribution in [3.05, 3.63) is 47.9 Å². The maximum atomic E-state index is 10.7. The molecular weight excluding hydrogens is 314 g/mol. The molecule has 1 atom stereocenters. The van der Waals surface area contributed by atoms with Gasteiger partial charge in [0, 0.05) is 20.1 Å². The van der Waals surface area contributed by atoms with Crippen molar-refractivity contribution < 1.29 is 5.11 Å². The molecule has 130 valence electrons. The summed E-state index contributed by atoms with van der Waals surface area (Å²) in [6, 6.07) is 9.95. The van der Waals surface area contributed by atoms with E-state index in [1.54, 1.807) is 4.68 Å². The Morgan fingerprint density at radius 2 is 1.84 bits per heavy atom. The number of anilines is 1. The number of nitrogens with zero attached hydrogens (tertiary/aromatic N) is 5. The molecule has 0 amide bonds. The topological polar surface area (TPSA) is 67.1 Å². The van der Waals surface area contributed by atoms with E-state index < -0.39 is 6.10 Å². The minimum absolute atomic E-state index is 0.283. The zero-order valence-corrected chi connectivity index (χ0v) is 14.6. The Kier molecular flexibility index (Phi) is 4.13. The molecule has 0 unspecified atom stereocenters. The van der Waals surface area contributed by atoms with Crippen molar-refractivity contribution in [1.82, 2.24) is 19.7 Å². The number of fused-ring (bicyclic) bond motifs is 1. The van der Waals surface area contributed by atoms with E-state index in [9.17, 15) is 5.11 Å². The van der Waals surface area contributed by atoms with Gasteiger partial charge in [0.15, 0.2) is 5.65 Å². The number of aromatic nitrogens is 4. The highest BCUT2D eigenvalue weighted by Gasteiger charge is 2.28. The lowest BCUT2D eigenvalue weighted by Crippen LogP contribution is -2.36. The summed E-state index contributed by atoms with van der Waals surface area (Å²) in [5.74, 6) is 2.01. The monoisotopic (exact) mass is 337 g/mol. The zero-order valence-electron chi connectivity index (χ0n) is 14.6. The van der Waals surface area contributed by atoms with Crippen molar-refractivity contribution in [2.75, 3.05) is 18.0 Å². The van der Waals surface area contributed by atoms with Crippen LogP contribution in [0.1, 0.15) is 30.3 Å². The summed E-state index contributed by atoms with van der Waals surface area (Å²) >= 11 is 0. The Morgan fingerprint density at radius 3 is 2.56 bits per heavy atom. The average molecular weight is 337 g/mol. The van der Waals surface area contributed by atoms with E-state index in [1.165, 1.54) is 0 Å². The highest BCUT2D eigenvalue weighted by Crippen LogP contribution is 2.33. The Morgan fingerprint density at radius 1 is 1.12 bits per heavy atom. The number of rotatable bonds is 3. The quantitative estimate of drug-likeness (QED) is 0.796. The van der Waals surface area contributed by atoms with E-state index in [0.29, 0.717) is 0 Å². The second kappa shape index (κ2) is 6.44. The van der Waals surface area contributed by atoms with Crippen LogP contribution in [0.5, 0.6) is 0 Å². The lowest BCUT2D eigenvalue weighted by molar-refractivity contribution is 0.0929. The fraction of sp³-hybridized carbons (Fsp3) is 0.421. The number of piperidine rings is 1. The van der Waals surface area contributed by atoms with Crippen LogP contribution in [0, 0.1) is 12.8 Å². The maximum absolute atomic E-state index is 10.7. The van der Waals surface area contributed by atoms with Gasteiger partial charge in [-0.2, -0.15) is 5.10 Å². The molecule has 3 heterocycles. The van der Waals surface area contributed by atoms with Gasteiger partial charge in [0.2, 0.25) is 0 Å². The number of hydrogen-bond acceptors (Lipinski definition) is 5. The van der Waals surface area contributed by atoms with Crippen LogP contribution in [0.25, 0.3) is 11.0 Å². The lowest BCUT2D eigenvalue weighted by atomic mass is 9.87. The smallest absolute Gasteiger partial charge is 0.163 e. The first kappa shape index (κ1) is 16.0. The molecule has 6 heteroatoms. The highest BCUT2D eigenvalue weighted by atomic mass is 16.3. The third-order valence-electron chi connectivity index (χ3n) is 5.11. The van der Waals surface area contributed by atoms with Crippen molar-refractivity contribution in [3.8, 4) is 0 Å². The highest BCUT2D eigenvalue weighted by molar-refractivity contribution is 5.87. The fourth-order valence-electron chi connectivity index (χ4n) is 3.70. The summed E-state index contributed by atoms with van der Waals surface area (Å²) in [6.45, 7) is 3.69. The van der Waals surface area contributed by atoms with Crippen molar-refractivity contribution in [1.29, 1.82) is 0 Å². The van der Waals surface area contributed by atoms with Gasteiger partial charge in [-0.05, 0) is 31.2 Å². The third kappa shape index (κ3) is 2.98. The van der Waals surface area contributed by atoms with E-state index in [-0.39, 0.29) is 5.92 Å². The van der Waals surface area contributed by atoms with Crippen LogP contribution >= 0.6 is 0 Å². The second-order valence-corrected chi connectivity index (χ2v) is 6.78. The molecule has 1 aromatic carbocycles. The van der Waals surface area contributed by atoms with Gasteiger partial charge in [0.05, 0.1) is 17.7 Å². The average Bonchev–Trinajstić information content (AvgIpc) is 3.02.